The maximum absolute atomic E-state index is 12.8. The number of rotatable bonds is 2. The molecule has 0 unspecified atom stereocenters. The van der Waals surface area contributed by atoms with Crippen LogP contribution >= 0.6 is 0 Å². The highest BCUT2D eigenvalue weighted by atomic mass is 19.1. The summed E-state index contributed by atoms with van der Waals surface area (Å²) in [5, 5.41) is 13.2. The summed E-state index contributed by atoms with van der Waals surface area (Å²) in [6.07, 6.45) is 3.73. The summed E-state index contributed by atoms with van der Waals surface area (Å²) in [5.74, 6) is -1.75. The molecule has 84 valence electrons. The van der Waals surface area contributed by atoms with Crippen LogP contribution in [0.5, 0.6) is 0 Å². The number of carbonyl (C=O) groups excluding carboxylic acids is 1. The van der Waals surface area contributed by atoms with Gasteiger partial charge in [-0.2, -0.15) is 5.10 Å². The molecule has 0 radical (unpaired) electrons. The highest BCUT2D eigenvalue weighted by molar-refractivity contribution is 6.00. The lowest BCUT2D eigenvalue weighted by molar-refractivity contribution is -0.145. The lowest BCUT2D eigenvalue weighted by Gasteiger charge is -2.30. The summed E-state index contributed by atoms with van der Waals surface area (Å²) < 4.78 is 12.8. The molecule has 0 fully saturated rings. The van der Waals surface area contributed by atoms with Crippen molar-refractivity contribution < 1.29 is 19.1 Å². The number of carboxylic acids is 1. The van der Waals surface area contributed by atoms with Gasteiger partial charge < -0.3 is 10.0 Å². The molecule has 0 saturated heterocycles. The third-order valence-corrected chi connectivity index (χ3v) is 2.07. The molecule has 0 aromatic heterocycles. The highest BCUT2D eigenvalue weighted by Gasteiger charge is 2.27. The van der Waals surface area contributed by atoms with E-state index in [0.29, 0.717) is 5.84 Å². The maximum atomic E-state index is 12.8. The Bertz CT molecular complexity index is 441. The first-order valence-corrected chi connectivity index (χ1v) is 4.49. The van der Waals surface area contributed by atoms with Crippen molar-refractivity contribution in [3.8, 4) is 0 Å². The van der Waals surface area contributed by atoms with E-state index in [0.717, 1.165) is 11.2 Å². The van der Waals surface area contributed by atoms with Crippen LogP contribution in [0.4, 0.5) is 4.39 Å². The lowest BCUT2D eigenvalue weighted by atomic mass is 10.3. The molecule has 2 rings (SSSR count). The van der Waals surface area contributed by atoms with E-state index in [1.165, 1.54) is 17.1 Å². The van der Waals surface area contributed by atoms with Crippen molar-refractivity contribution in [2.45, 2.75) is 0 Å². The molecule has 6 nitrogen and oxygen atoms in total. The summed E-state index contributed by atoms with van der Waals surface area (Å²) >= 11 is 0. The molecule has 0 saturated carbocycles. The molecule has 0 aromatic rings. The average molecular weight is 225 g/mol. The molecular formula is C9H8FN3O3. The van der Waals surface area contributed by atoms with Crippen molar-refractivity contribution in [3.05, 3.63) is 24.2 Å². The molecule has 16 heavy (non-hydrogen) atoms. The van der Waals surface area contributed by atoms with Crippen LogP contribution in [0.15, 0.2) is 29.3 Å². The van der Waals surface area contributed by atoms with Gasteiger partial charge in [-0.1, -0.05) is 0 Å². The van der Waals surface area contributed by atoms with Gasteiger partial charge in [-0.3, -0.25) is 9.59 Å². The van der Waals surface area contributed by atoms with Gasteiger partial charge in [0, 0.05) is 6.20 Å². The summed E-state index contributed by atoms with van der Waals surface area (Å²) in [6.45, 7) is -0.597. The molecule has 1 amide bonds. The van der Waals surface area contributed by atoms with E-state index >= 15 is 0 Å². The average Bonchev–Trinajstić information content (AvgIpc) is 2.19. The van der Waals surface area contributed by atoms with Gasteiger partial charge in [0.05, 0.1) is 0 Å². The van der Waals surface area contributed by atoms with E-state index in [2.05, 4.69) is 5.10 Å². The fourth-order valence-corrected chi connectivity index (χ4v) is 1.38. The second-order valence-electron chi connectivity index (χ2n) is 3.28. The molecule has 0 bridgehead atoms. The van der Waals surface area contributed by atoms with E-state index in [1.54, 1.807) is 0 Å². The van der Waals surface area contributed by atoms with Gasteiger partial charge in [0.25, 0.3) is 5.91 Å². The Morgan fingerprint density at radius 1 is 1.56 bits per heavy atom. The van der Waals surface area contributed by atoms with Crippen LogP contribution in [0, 0.1) is 0 Å². The monoisotopic (exact) mass is 225 g/mol. The van der Waals surface area contributed by atoms with Crippen molar-refractivity contribution in [1.82, 2.24) is 9.91 Å². The summed E-state index contributed by atoms with van der Waals surface area (Å²) in [6, 6.07) is 0. The minimum Gasteiger partial charge on any atom is -0.480 e. The third-order valence-electron chi connectivity index (χ3n) is 2.07. The largest absolute Gasteiger partial charge is 0.480 e. The second-order valence-corrected chi connectivity index (χ2v) is 3.28. The second kappa shape index (κ2) is 3.76. The first-order valence-electron chi connectivity index (χ1n) is 4.49. The molecule has 0 spiro atoms. The number of halogens is 1. The highest BCUT2D eigenvalue weighted by Crippen LogP contribution is 2.15. The Morgan fingerprint density at radius 3 is 3.00 bits per heavy atom. The number of amidine groups is 1. The molecule has 0 aliphatic carbocycles. The Kier molecular flexibility index (Phi) is 2.43. The Hall–Kier alpha value is -2.18. The van der Waals surface area contributed by atoms with Crippen molar-refractivity contribution in [2.75, 3.05) is 13.1 Å². The summed E-state index contributed by atoms with van der Waals surface area (Å²) in [5.41, 5.74) is 0. The molecular weight excluding hydrogens is 217 g/mol. The third kappa shape index (κ3) is 1.92. The summed E-state index contributed by atoms with van der Waals surface area (Å²) in [4.78, 5) is 23.2. The van der Waals surface area contributed by atoms with Gasteiger partial charge in [-0.15, -0.1) is 0 Å². The van der Waals surface area contributed by atoms with E-state index in [-0.39, 0.29) is 6.54 Å². The van der Waals surface area contributed by atoms with E-state index in [1.807, 2.05) is 0 Å². The van der Waals surface area contributed by atoms with Crippen molar-refractivity contribution in [2.24, 2.45) is 5.10 Å². The molecule has 0 atom stereocenters. The van der Waals surface area contributed by atoms with Gasteiger partial charge in [0.2, 0.25) is 0 Å². The predicted octanol–water partition coefficient (Wildman–Crippen LogP) is -0.0906. The number of amides is 1. The zero-order valence-corrected chi connectivity index (χ0v) is 8.13. The molecule has 2 heterocycles. The van der Waals surface area contributed by atoms with Crippen LogP contribution in [0.3, 0.4) is 0 Å². The van der Waals surface area contributed by atoms with Gasteiger partial charge >= 0.3 is 5.97 Å². The van der Waals surface area contributed by atoms with E-state index < -0.39 is 24.2 Å². The lowest BCUT2D eigenvalue weighted by Crippen LogP contribution is -2.46. The Balaban J connectivity index is 2.23. The minimum atomic E-state index is -1.15. The van der Waals surface area contributed by atoms with Crippen LogP contribution in [0.1, 0.15) is 0 Å². The first-order chi connectivity index (χ1) is 7.56. The zero-order valence-electron chi connectivity index (χ0n) is 8.13. The SMILES string of the molecule is O=C(O)CN1N=C2C=CC(F)=CN2CC1=O. The smallest absolute Gasteiger partial charge is 0.325 e. The molecule has 7 heteroatoms. The molecule has 1 N–H and O–H groups in total. The van der Waals surface area contributed by atoms with E-state index in [9.17, 15) is 14.0 Å². The topological polar surface area (TPSA) is 73.2 Å². The van der Waals surface area contributed by atoms with Crippen molar-refractivity contribution >= 4 is 17.7 Å². The zero-order chi connectivity index (χ0) is 11.7. The maximum Gasteiger partial charge on any atom is 0.325 e. The van der Waals surface area contributed by atoms with Gasteiger partial charge in [0.15, 0.2) is 5.84 Å². The summed E-state index contributed by atoms with van der Waals surface area (Å²) in [7, 11) is 0. The van der Waals surface area contributed by atoms with Crippen LogP contribution in [-0.2, 0) is 9.59 Å². The fourth-order valence-electron chi connectivity index (χ4n) is 1.38. The van der Waals surface area contributed by atoms with Crippen LogP contribution in [0.2, 0.25) is 0 Å². The van der Waals surface area contributed by atoms with Crippen LogP contribution in [-0.4, -0.2) is 45.8 Å². The van der Waals surface area contributed by atoms with E-state index in [4.69, 9.17) is 5.11 Å². The number of carboxylic acid groups (broad SMARTS) is 1. The standard InChI is InChI=1S/C9H8FN3O3/c10-6-1-2-7-11-13(5-9(15)16)8(14)4-12(7)3-6/h1-3H,4-5H2,(H,15,16). The van der Waals surface area contributed by atoms with Crippen molar-refractivity contribution in [3.63, 3.8) is 0 Å². The minimum absolute atomic E-state index is 0.107. The van der Waals surface area contributed by atoms with Gasteiger partial charge in [-0.25, -0.2) is 9.40 Å². The molecule has 0 aromatic carbocycles. The number of fused-ring (bicyclic) bond motifs is 1. The quantitative estimate of drug-likeness (QED) is 0.712. The Morgan fingerprint density at radius 2 is 2.31 bits per heavy atom. The predicted molar refractivity (Wildman–Crippen MR) is 51.8 cm³/mol. The number of allylic oxidation sites excluding steroid dienone is 2. The number of hydrazone groups is 1. The molecule has 2 aliphatic rings. The first kappa shape index (κ1) is 10.3. The number of aliphatic carboxylic acids is 1. The number of hydrogen-bond acceptors (Lipinski definition) is 4. The Labute approximate surface area is 89.9 Å². The van der Waals surface area contributed by atoms with Gasteiger partial charge in [-0.05, 0) is 12.2 Å². The number of carbonyl (C=O) groups is 2. The number of nitrogens with zero attached hydrogens (tertiary/aromatic N) is 3. The van der Waals surface area contributed by atoms with Gasteiger partial charge in [0.1, 0.15) is 18.9 Å². The number of hydrogen-bond donors (Lipinski definition) is 1. The van der Waals surface area contributed by atoms with Crippen LogP contribution in [0.25, 0.3) is 0 Å². The fraction of sp³-hybridized carbons (Fsp3) is 0.222. The van der Waals surface area contributed by atoms with Crippen LogP contribution < -0.4 is 0 Å². The molecule has 2 aliphatic heterocycles. The van der Waals surface area contributed by atoms with Crippen molar-refractivity contribution in [1.29, 1.82) is 0 Å². The normalized spacial score (nSPS) is 19.2.